The molecule has 1 amide bonds. The van der Waals surface area contributed by atoms with Crippen molar-refractivity contribution in [3.05, 3.63) is 0 Å². The molecule has 0 aliphatic heterocycles. The summed E-state index contributed by atoms with van der Waals surface area (Å²) >= 11 is 0. The topological polar surface area (TPSA) is 29.4 Å². The molecule has 1 saturated carbocycles. The largest absolute Gasteiger partial charge is 0.273 e. The second-order valence-corrected chi connectivity index (χ2v) is 6.72. The van der Waals surface area contributed by atoms with Crippen molar-refractivity contribution in [2.45, 2.75) is 104 Å². The van der Waals surface area contributed by atoms with Crippen molar-refractivity contribution in [1.82, 2.24) is 0 Å². The number of hydrogen-bond donors (Lipinski definition) is 0. The zero-order valence-electron chi connectivity index (χ0n) is 14.3. The highest BCUT2D eigenvalue weighted by Crippen LogP contribution is 2.21. The Bertz CT molecular complexity index is 309. The number of carbonyl (C=O) groups is 1. The van der Waals surface area contributed by atoms with E-state index in [1.54, 1.807) is 0 Å². The minimum Gasteiger partial charge on any atom is -0.273 e. The van der Waals surface area contributed by atoms with Crippen LogP contribution in [-0.4, -0.2) is 11.6 Å². The van der Waals surface area contributed by atoms with Crippen LogP contribution in [0.4, 0.5) is 0 Å². The van der Waals surface area contributed by atoms with Gasteiger partial charge in [-0.15, -0.1) is 0 Å². The lowest BCUT2D eigenvalue weighted by Gasteiger charge is -2.19. The number of hydrogen-bond acceptors (Lipinski definition) is 1. The molecule has 0 spiro atoms. The number of rotatable bonds is 10. The molecular formula is C19H35NO. The molecular weight excluding hydrogens is 258 g/mol. The van der Waals surface area contributed by atoms with Gasteiger partial charge in [0.1, 0.15) is 0 Å². The number of unbranched alkanes of at least 4 members (excludes halogenated alkanes) is 8. The van der Waals surface area contributed by atoms with Crippen LogP contribution >= 0.6 is 0 Å². The first-order valence-electron chi connectivity index (χ1n) is 9.34. The fourth-order valence-electron chi connectivity index (χ4n) is 3.14. The van der Waals surface area contributed by atoms with Crippen molar-refractivity contribution in [2.75, 3.05) is 0 Å². The van der Waals surface area contributed by atoms with Crippen LogP contribution in [0.15, 0.2) is 4.99 Å². The molecule has 1 unspecified atom stereocenters. The standard InChI is InChI=1S/C19H35NO/c1-3-4-5-6-7-8-9-10-11-16-19(21)20-18-15-13-12-14-17(18)2/h17H,3-16H2,1-2H3. The Balaban J connectivity index is 1.99. The molecule has 2 nitrogen and oxygen atoms in total. The zero-order valence-corrected chi connectivity index (χ0v) is 14.3. The highest BCUT2D eigenvalue weighted by atomic mass is 16.1. The van der Waals surface area contributed by atoms with Gasteiger partial charge in [-0.05, 0) is 31.6 Å². The van der Waals surface area contributed by atoms with E-state index in [1.165, 1.54) is 76.3 Å². The molecule has 1 aliphatic rings. The van der Waals surface area contributed by atoms with Crippen LogP contribution in [-0.2, 0) is 4.79 Å². The van der Waals surface area contributed by atoms with E-state index >= 15 is 0 Å². The summed E-state index contributed by atoms with van der Waals surface area (Å²) in [6.07, 6.45) is 17.1. The molecule has 1 atom stereocenters. The molecule has 21 heavy (non-hydrogen) atoms. The third-order valence-electron chi connectivity index (χ3n) is 4.65. The van der Waals surface area contributed by atoms with Gasteiger partial charge in [-0.2, -0.15) is 0 Å². The maximum Gasteiger partial charge on any atom is 0.245 e. The average Bonchev–Trinajstić information content (AvgIpc) is 2.48. The highest BCUT2D eigenvalue weighted by Gasteiger charge is 2.16. The maximum atomic E-state index is 11.9. The van der Waals surface area contributed by atoms with Crippen molar-refractivity contribution >= 4 is 11.6 Å². The summed E-state index contributed by atoms with van der Waals surface area (Å²) in [6.45, 7) is 4.47. The van der Waals surface area contributed by atoms with Crippen molar-refractivity contribution in [2.24, 2.45) is 10.9 Å². The zero-order chi connectivity index (χ0) is 15.3. The number of amides is 1. The van der Waals surface area contributed by atoms with E-state index in [4.69, 9.17) is 0 Å². The molecule has 122 valence electrons. The molecule has 0 bridgehead atoms. The Morgan fingerprint density at radius 2 is 1.62 bits per heavy atom. The van der Waals surface area contributed by atoms with Crippen molar-refractivity contribution in [3.8, 4) is 0 Å². The van der Waals surface area contributed by atoms with Crippen LogP contribution in [0.25, 0.3) is 0 Å². The van der Waals surface area contributed by atoms with E-state index in [-0.39, 0.29) is 5.91 Å². The minimum absolute atomic E-state index is 0.127. The summed E-state index contributed by atoms with van der Waals surface area (Å²) in [5.41, 5.74) is 1.17. The summed E-state index contributed by atoms with van der Waals surface area (Å²) < 4.78 is 0. The van der Waals surface area contributed by atoms with Gasteiger partial charge in [-0.3, -0.25) is 4.79 Å². The lowest BCUT2D eigenvalue weighted by Crippen LogP contribution is -2.17. The first kappa shape index (κ1) is 18.4. The second-order valence-electron chi connectivity index (χ2n) is 6.72. The molecule has 0 aromatic rings. The summed E-state index contributed by atoms with van der Waals surface area (Å²) in [7, 11) is 0. The Morgan fingerprint density at radius 3 is 2.24 bits per heavy atom. The SMILES string of the molecule is CCCCCCCCCCCC(=O)N=C1CCCCC1C. The molecule has 0 aromatic heterocycles. The Hall–Kier alpha value is -0.660. The predicted molar refractivity (Wildman–Crippen MR) is 91.9 cm³/mol. The van der Waals surface area contributed by atoms with Crippen molar-refractivity contribution in [3.63, 3.8) is 0 Å². The van der Waals surface area contributed by atoms with Crippen LogP contribution < -0.4 is 0 Å². The Morgan fingerprint density at radius 1 is 1.00 bits per heavy atom. The normalized spacial score (nSPS) is 20.9. The summed E-state index contributed by atoms with van der Waals surface area (Å²) in [6, 6.07) is 0. The van der Waals surface area contributed by atoms with Gasteiger partial charge in [0.05, 0.1) is 0 Å². The van der Waals surface area contributed by atoms with Crippen LogP contribution in [0, 0.1) is 5.92 Å². The number of nitrogens with zero attached hydrogens (tertiary/aromatic N) is 1. The third-order valence-corrected chi connectivity index (χ3v) is 4.65. The predicted octanol–water partition coefficient (Wildman–Crippen LogP) is 6.09. The van der Waals surface area contributed by atoms with Crippen LogP contribution in [0.3, 0.4) is 0 Å². The summed E-state index contributed by atoms with van der Waals surface area (Å²) in [4.78, 5) is 16.2. The first-order valence-corrected chi connectivity index (χ1v) is 9.34. The van der Waals surface area contributed by atoms with Gasteiger partial charge >= 0.3 is 0 Å². The van der Waals surface area contributed by atoms with E-state index in [0.29, 0.717) is 12.3 Å². The van der Waals surface area contributed by atoms with Crippen molar-refractivity contribution < 1.29 is 4.79 Å². The highest BCUT2D eigenvalue weighted by molar-refractivity contribution is 5.97. The quantitative estimate of drug-likeness (QED) is 0.448. The van der Waals surface area contributed by atoms with E-state index in [0.717, 1.165) is 12.8 Å². The smallest absolute Gasteiger partial charge is 0.245 e. The van der Waals surface area contributed by atoms with E-state index in [1.807, 2.05) is 0 Å². The lowest BCUT2D eigenvalue weighted by atomic mass is 9.89. The van der Waals surface area contributed by atoms with Crippen LogP contribution in [0.5, 0.6) is 0 Å². The number of carbonyl (C=O) groups excluding carboxylic acids is 1. The van der Waals surface area contributed by atoms with E-state index in [9.17, 15) is 4.79 Å². The second kappa shape index (κ2) is 11.9. The summed E-state index contributed by atoms with van der Waals surface area (Å²) in [5.74, 6) is 0.660. The Labute approximate surface area is 131 Å². The maximum absolute atomic E-state index is 11.9. The van der Waals surface area contributed by atoms with Crippen LogP contribution in [0.2, 0.25) is 0 Å². The number of aliphatic imine (C=N–C) groups is 1. The molecule has 0 radical (unpaired) electrons. The molecule has 0 saturated heterocycles. The van der Waals surface area contributed by atoms with Gasteiger partial charge in [-0.25, -0.2) is 4.99 Å². The molecule has 0 aromatic carbocycles. The minimum atomic E-state index is 0.127. The van der Waals surface area contributed by atoms with E-state index < -0.39 is 0 Å². The average molecular weight is 293 g/mol. The summed E-state index contributed by atoms with van der Waals surface area (Å²) in [5, 5.41) is 0. The van der Waals surface area contributed by atoms with Crippen molar-refractivity contribution in [1.29, 1.82) is 0 Å². The first-order chi connectivity index (χ1) is 10.2. The molecule has 0 N–H and O–H groups in total. The molecule has 1 rings (SSSR count). The molecule has 1 aliphatic carbocycles. The van der Waals surface area contributed by atoms with Gasteiger partial charge in [-0.1, -0.05) is 71.6 Å². The van der Waals surface area contributed by atoms with Gasteiger partial charge < -0.3 is 0 Å². The van der Waals surface area contributed by atoms with Gasteiger partial charge in [0, 0.05) is 12.1 Å². The fraction of sp³-hybridized carbons (Fsp3) is 0.895. The third kappa shape index (κ3) is 9.06. The lowest BCUT2D eigenvalue weighted by molar-refractivity contribution is -0.117. The Kier molecular flexibility index (Phi) is 10.5. The van der Waals surface area contributed by atoms with Gasteiger partial charge in [0.15, 0.2) is 0 Å². The van der Waals surface area contributed by atoms with E-state index in [2.05, 4.69) is 18.8 Å². The van der Waals surface area contributed by atoms with Gasteiger partial charge in [0.25, 0.3) is 0 Å². The molecule has 0 heterocycles. The van der Waals surface area contributed by atoms with Gasteiger partial charge in [0.2, 0.25) is 5.91 Å². The molecule has 2 heteroatoms. The monoisotopic (exact) mass is 293 g/mol. The van der Waals surface area contributed by atoms with Crippen LogP contribution in [0.1, 0.15) is 104 Å². The fourth-order valence-corrected chi connectivity index (χ4v) is 3.14. The molecule has 1 fully saturated rings.